The zero-order valence-electron chi connectivity index (χ0n) is 9.38. The predicted octanol–water partition coefficient (Wildman–Crippen LogP) is 5.43. The summed E-state index contributed by atoms with van der Waals surface area (Å²) >= 11 is 10.9. The summed E-state index contributed by atoms with van der Waals surface area (Å²) in [5, 5.41) is -2.76. The molecule has 0 nitrogen and oxygen atoms in total. The van der Waals surface area contributed by atoms with E-state index in [1.165, 1.54) is 6.07 Å². The first kappa shape index (κ1) is 15.5. The van der Waals surface area contributed by atoms with Crippen molar-refractivity contribution in [2.45, 2.75) is 31.3 Å². The Morgan fingerprint density at radius 1 is 1.00 bits per heavy atom. The van der Waals surface area contributed by atoms with Crippen LogP contribution in [0.15, 0.2) is 12.1 Å². The highest BCUT2D eigenvalue weighted by Crippen LogP contribution is 2.49. The van der Waals surface area contributed by atoms with Crippen molar-refractivity contribution in [3.63, 3.8) is 0 Å². The molecule has 1 aromatic rings. The summed E-state index contributed by atoms with van der Waals surface area (Å²) in [4.78, 5) is 0. The van der Waals surface area contributed by atoms with E-state index in [9.17, 15) is 22.0 Å². The van der Waals surface area contributed by atoms with Crippen LogP contribution in [0.3, 0.4) is 0 Å². The maximum Gasteiger partial charge on any atom is 0.455 e. The van der Waals surface area contributed by atoms with Crippen molar-refractivity contribution in [2.24, 2.45) is 0 Å². The topological polar surface area (TPSA) is 0 Å². The molecule has 0 spiro atoms. The van der Waals surface area contributed by atoms with Gasteiger partial charge in [0.05, 0.1) is 0 Å². The van der Waals surface area contributed by atoms with Crippen LogP contribution in [0.1, 0.15) is 22.1 Å². The average Bonchev–Trinajstić information content (AvgIpc) is 2.20. The van der Waals surface area contributed by atoms with Crippen LogP contribution in [0.5, 0.6) is 0 Å². The van der Waals surface area contributed by atoms with Crippen LogP contribution < -0.4 is 0 Å². The van der Waals surface area contributed by atoms with Gasteiger partial charge < -0.3 is 0 Å². The number of hydrogen-bond donors (Lipinski definition) is 0. The summed E-state index contributed by atoms with van der Waals surface area (Å²) in [6.07, 6.45) is -5.72. The van der Waals surface area contributed by atoms with E-state index in [0.29, 0.717) is 11.1 Å². The Balaban J connectivity index is 3.27. The lowest BCUT2D eigenvalue weighted by Gasteiger charge is -2.25. The maximum absolute atomic E-state index is 13.1. The van der Waals surface area contributed by atoms with Crippen LogP contribution >= 0.6 is 23.2 Å². The van der Waals surface area contributed by atoms with Crippen LogP contribution in [-0.2, 0) is 0 Å². The molecule has 0 saturated heterocycles. The second-order valence-electron chi connectivity index (χ2n) is 3.94. The highest BCUT2D eigenvalue weighted by Gasteiger charge is 2.62. The minimum atomic E-state index is -5.72. The summed E-state index contributed by atoms with van der Waals surface area (Å²) in [5.74, 6) is -5.04. The minimum absolute atomic E-state index is 0.206. The SMILES string of the molecule is Cc1cc(Cl)c(C(Cl)C(F)(F)C(F)(F)F)cc1C. The van der Waals surface area contributed by atoms with Gasteiger partial charge in [0.1, 0.15) is 5.38 Å². The summed E-state index contributed by atoms with van der Waals surface area (Å²) in [7, 11) is 0. The van der Waals surface area contributed by atoms with Gasteiger partial charge >= 0.3 is 12.1 Å². The number of benzene rings is 1. The first-order chi connectivity index (χ1) is 7.98. The van der Waals surface area contributed by atoms with E-state index in [-0.39, 0.29) is 5.02 Å². The van der Waals surface area contributed by atoms with Crippen LogP contribution in [-0.4, -0.2) is 12.1 Å². The Morgan fingerprint density at radius 2 is 1.44 bits per heavy atom. The van der Waals surface area contributed by atoms with Crippen molar-refractivity contribution < 1.29 is 22.0 Å². The van der Waals surface area contributed by atoms with Gasteiger partial charge in [-0.1, -0.05) is 17.7 Å². The molecule has 0 bridgehead atoms. The van der Waals surface area contributed by atoms with E-state index >= 15 is 0 Å². The molecule has 0 aromatic heterocycles. The van der Waals surface area contributed by atoms with Gasteiger partial charge in [0, 0.05) is 5.02 Å². The van der Waals surface area contributed by atoms with Gasteiger partial charge in [-0.25, -0.2) is 0 Å². The molecule has 0 saturated carbocycles. The summed E-state index contributed by atoms with van der Waals surface area (Å²) < 4.78 is 62.8. The van der Waals surface area contributed by atoms with Gasteiger partial charge in [-0.15, -0.1) is 11.6 Å². The normalized spacial score (nSPS) is 14.7. The fourth-order valence-electron chi connectivity index (χ4n) is 1.34. The molecule has 1 rings (SSSR count). The zero-order chi connectivity index (χ0) is 14.3. The molecule has 0 aliphatic heterocycles. The molecular weight excluding hydrogens is 298 g/mol. The number of aryl methyl sites for hydroxylation is 2. The fourth-order valence-corrected chi connectivity index (χ4v) is 2.02. The molecule has 0 heterocycles. The standard InChI is InChI=1S/C11H9Cl2F5/c1-5-3-7(8(12)4-6(5)2)9(13)10(14,15)11(16,17)18/h3-4,9H,1-2H3. The maximum atomic E-state index is 13.1. The van der Waals surface area contributed by atoms with E-state index in [1.807, 2.05) is 0 Å². The first-order valence-corrected chi connectivity index (χ1v) is 5.65. The molecule has 0 N–H and O–H groups in total. The van der Waals surface area contributed by atoms with Crippen LogP contribution in [0.25, 0.3) is 0 Å². The molecule has 1 unspecified atom stereocenters. The van der Waals surface area contributed by atoms with Crippen molar-refractivity contribution in [3.05, 3.63) is 33.8 Å². The van der Waals surface area contributed by atoms with Crippen LogP contribution in [0.2, 0.25) is 5.02 Å². The van der Waals surface area contributed by atoms with E-state index in [0.717, 1.165) is 6.07 Å². The third-order valence-electron chi connectivity index (χ3n) is 2.58. The smallest absolute Gasteiger partial charge is 0.194 e. The molecule has 0 radical (unpaired) electrons. The van der Waals surface area contributed by atoms with Gasteiger partial charge in [-0.05, 0) is 36.6 Å². The predicted molar refractivity (Wildman–Crippen MR) is 60.5 cm³/mol. The highest BCUT2D eigenvalue weighted by atomic mass is 35.5. The lowest BCUT2D eigenvalue weighted by Crippen LogP contribution is -2.40. The Labute approximate surface area is 111 Å². The van der Waals surface area contributed by atoms with Gasteiger partial charge in [-0.2, -0.15) is 22.0 Å². The fraction of sp³-hybridized carbons (Fsp3) is 0.455. The second-order valence-corrected chi connectivity index (χ2v) is 4.78. The Bertz CT molecular complexity index is 453. The molecule has 1 atom stereocenters. The van der Waals surface area contributed by atoms with E-state index < -0.39 is 23.0 Å². The van der Waals surface area contributed by atoms with E-state index in [4.69, 9.17) is 23.2 Å². The van der Waals surface area contributed by atoms with Gasteiger partial charge in [-0.3, -0.25) is 0 Å². The Hall–Kier alpha value is -0.550. The summed E-state index contributed by atoms with van der Waals surface area (Å²) in [5.41, 5.74) is 0.796. The molecule has 0 fully saturated rings. The van der Waals surface area contributed by atoms with Crippen molar-refractivity contribution in [2.75, 3.05) is 0 Å². The lowest BCUT2D eigenvalue weighted by atomic mass is 10.0. The average molecular weight is 307 g/mol. The number of alkyl halides is 6. The van der Waals surface area contributed by atoms with E-state index in [2.05, 4.69) is 0 Å². The number of halogens is 7. The third-order valence-corrected chi connectivity index (χ3v) is 3.42. The first-order valence-electron chi connectivity index (χ1n) is 4.83. The monoisotopic (exact) mass is 306 g/mol. The number of hydrogen-bond acceptors (Lipinski definition) is 0. The Kier molecular flexibility index (Phi) is 4.18. The molecule has 0 aliphatic rings. The largest absolute Gasteiger partial charge is 0.455 e. The van der Waals surface area contributed by atoms with Crippen LogP contribution in [0.4, 0.5) is 22.0 Å². The molecule has 18 heavy (non-hydrogen) atoms. The van der Waals surface area contributed by atoms with Gasteiger partial charge in [0.15, 0.2) is 0 Å². The molecule has 0 amide bonds. The van der Waals surface area contributed by atoms with Crippen LogP contribution in [0, 0.1) is 13.8 Å². The van der Waals surface area contributed by atoms with Gasteiger partial charge in [0.2, 0.25) is 0 Å². The molecule has 1 aromatic carbocycles. The second kappa shape index (κ2) is 4.85. The van der Waals surface area contributed by atoms with Crippen molar-refractivity contribution in [3.8, 4) is 0 Å². The summed E-state index contributed by atoms with van der Waals surface area (Å²) in [6, 6.07) is 2.46. The lowest BCUT2D eigenvalue weighted by molar-refractivity contribution is -0.283. The van der Waals surface area contributed by atoms with Crippen molar-refractivity contribution >= 4 is 23.2 Å². The molecular formula is C11H9Cl2F5. The minimum Gasteiger partial charge on any atom is -0.194 e. The quantitative estimate of drug-likeness (QED) is 0.504. The molecule has 102 valence electrons. The van der Waals surface area contributed by atoms with Gasteiger partial charge in [0.25, 0.3) is 0 Å². The van der Waals surface area contributed by atoms with Crippen molar-refractivity contribution in [1.82, 2.24) is 0 Å². The third kappa shape index (κ3) is 2.72. The summed E-state index contributed by atoms with van der Waals surface area (Å²) in [6.45, 7) is 3.24. The van der Waals surface area contributed by atoms with Crippen molar-refractivity contribution in [1.29, 1.82) is 0 Å². The zero-order valence-corrected chi connectivity index (χ0v) is 10.9. The van der Waals surface area contributed by atoms with E-state index in [1.54, 1.807) is 13.8 Å². The Morgan fingerprint density at radius 3 is 1.89 bits per heavy atom. The number of rotatable bonds is 2. The molecule has 7 heteroatoms. The highest BCUT2D eigenvalue weighted by molar-refractivity contribution is 6.33. The molecule has 0 aliphatic carbocycles.